The van der Waals surface area contributed by atoms with Gasteiger partial charge in [0.1, 0.15) is 0 Å². The Kier molecular flexibility index (Phi) is 2.65. The number of carbonyl (C=O) groups is 1. The number of hydrogen-bond donors (Lipinski definition) is 2. The van der Waals surface area contributed by atoms with E-state index in [0.717, 1.165) is 6.42 Å². The first-order chi connectivity index (χ1) is 5.20. The molecule has 2 unspecified atom stereocenters. The molecule has 1 rings (SSSR count). The van der Waals surface area contributed by atoms with Gasteiger partial charge in [-0.3, -0.25) is 4.79 Å². The van der Waals surface area contributed by atoms with Gasteiger partial charge in [-0.1, -0.05) is 12.2 Å². The number of hydrogen-bond acceptors (Lipinski definition) is 2. The molecule has 0 aromatic carbocycles. The average Bonchev–Trinajstić information content (AvgIpc) is 1.93. The SMILES string of the molecule is O=C(O)CC1C=CCCC1O. The number of allylic oxidation sites excluding steroid dienone is 1. The summed E-state index contributed by atoms with van der Waals surface area (Å²) in [5, 5.41) is 17.7. The topological polar surface area (TPSA) is 57.5 Å². The van der Waals surface area contributed by atoms with Crippen molar-refractivity contribution in [1.82, 2.24) is 0 Å². The van der Waals surface area contributed by atoms with Crippen LogP contribution in [0.2, 0.25) is 0 Å². The lowest BCUT2D eigenvalue weighted by Crippen LogP contribution is -2.23. The molecule has 62 valence electrons. The minimum atomic E-state index is -0.847. The largest absolute Gasteiger partial charge is 0.481 e. The summed E-state index contributed by atoms with van der Waals surface area (Å²) < 4.78 is 0. The molecule has 2 N–H and O–H groups in total. The molecule has 0 amide bonds. The zero-order valence-electron chi connectivity index (χ0n) is 6.23. The molecule has 3 heteroatoms. The monoisotopic (exact) mass is 156 g/mol. The summed E-state index contributed by atoms with van der Waals surface area (Å²) >= 11 is 0. The molecule has 0 saturated heterocycles. The average molecular weight is 156 g/mol. The number of aliphatic hydroxyl groups excluding tert-OH is 1. The Morgan fingerprint density at radius 3 is 2.91 bits per heavy atom. The Balaban J connectivity index is 2.48. The summed E-state index contributed by atoms with van der Waals surface area (Å²) in [7, 11) is 0. The van der Waals surface area contributed by atoms with E-state index in [2.05, 4.69) is 0 Å². The summed E-state index contributed by atoms with van der Waals surface area (Å²) in [4.78, 5) is 10.3. The van der Waals surface area contributed by atoms with Crippen LogP contribution in [0.5, 0.6) is 0 Å². The van der Waals surface area contributed by atoms with E-state index in [1.54, 1.807) is 6.08 Å². The van der Waals surface area contributed by atoms with Crippen molar-refractivity contribution >= 4 is 5.97 Å². The summed E-state index contributed by atoms with van der Waals surface area (Å²) in [6, 6.07) is 0. The molecular formula is C8H12O3. The first-order valence-electron chi connectivity index (χ1n) is 3.76. The quantitative estimate of drug-likeness (QED) is 0.581. The van der Waals surface area contributed by atoms with Crippen LogP contribution in [-0.4, -0.2) is 22.3 Å². The number of rotatable bonds is 2. The maximum Gasteiger partial charge on any atom is 0.304 e. The third kappa shape index (κ3) is 2.35. The van der Waals surface area contributed by atoms with Crippen LogP contribution < -0.4 is 0 Å². The fourth-order valence-electron chi connectivity index (χ4n) is 1.29. The van der Waals surface area contributed by atoms with E-state index >= 15 is 0 Å². The molecule has 0 heterocycles. The summed E-state index contributed by atoms with van der Waals surface area (Å²) in [5.41, 5.74) is 0. The molecule has 0 aromatic rings. The Morgan fingerprint density at radius 1 is 1.64 bits per heavy atom. The van der Waals surface area contributed by atoms with Crippen LogP contribution in [0.15, 0.2) is 12.2 Å². The fourth-order valence-corrected chi connectivity index (χ4v) is 1.29. The first-order valence-corrected chi connectivity index (χ1v) is 3.76. The zero-order chi connectivity index (χ0) is 8.27. The molecule has 3 nitrogen and oxygen atoms in total. The van der Waals surface area contributed by atoms with Crippen molar-refractivity contribution in [3.8, 4) is 0 Å². The number of aliphatic carboxylic acids is 1. The van der Waals surface area contributed by atoms with Gasteiger partial charge in [-0.05, 0) is 12.8 Å². The maximum absolute atomic E-state index is 10.3. The molecular weight excluding hydrogens is 144 g/mol. The van der Waals surface area contributed by atoms with E-state index in [-0.39, 0.29) is 12.3 Å². The zero-order valence-corrected chi connectivity index (χ0v) is 6.23. The molecule has 0 aliphatic heterocycles. The number of carboxylic acids is 1. The minimum Gasteiger partial charge on any atom is -0.481 e. The van der Waals surface area contributed by atoms with Gasteiger partial charge in [0.15, 0.2) is 0 Å². The van der Waals surface area contributed by atoms with Gasteiger partial charge in [0.2, 0.25) is 0 Å². The summed E-state index contributed by atoms with van der Waals surface area (Å²) in [6.45, 7) is 0. The number of aliphatic hydroxyl groups is 1. The normalized spacial score (nSPS) is 30.3. The Bertz CT molecular complexity index is 174. The van der Waals surface area contributed by atoms with Crippen LogP contribution in [0.1, 0.15) is 19.3 Å². The number of carboxylic acid groups (broad SMARTS) is 1. The van der Waals surface area contributed by atoms with Crippen LogP contribution in [-0.2, 0) is 4.79 Å². The second-order valence-electron chi connectivity index (χ2n) is 2.83. The highest BCUT2D eigenvalue weighted by Gasteiger charge is 2.21. The van der Waals surface area contributed by atoms with E-state index in [0.29, 0.717) is 6.42 Å². The molecule has 1 aliphatic carbocycles. The third-order valence-electron chi connectivity index (χ3n) is 1.92. The Morgan fingerprint density at radius 2 is 2.36 bits per heavy atom. The second-order valence-corrected chi connectivity index (χ2v) is 2.83. The van der Waals surface area contributed by atoms with Crippen LogP contribution in [0, 0.1) is 5.92 Å². The predicted molar refractivity (Wildman–Crippen MR) is 40.1 cm³/mol. The lowest BCUT2D eigenvalue weighted by atomic mass is 9.90. The van der Waals surface area contributed by atoms with E-state index in [9.17, 15) is 9.90 Å². The standard InChI is InChI=1S/C8H12O3/c9-7-4-2-1-3-6(7)5-8(10)11/h1,3,6-7,9H,2,4-5H2,(H,10,11). The molecule has 0 bridgehead atoms. The van der Waals surface area contributed by atoms with Gasteiger partial charge in [-0.15, -0.1) is 0 Å². The molecule has 0 aromatic heterocycles. The van der Waals surface area contributed by atoms with Gasteiger partial charge in [0.05, 0.1) is 12.5 Å². The maximum atomic E-state index is 10.3. The lowest BCUT2D eigenvalue weighted by molar-refractivity contribution is -0.138. The highest BCUT2D eigenvalue weighted by molar-refractivity contribution is 5.67. The summed E-state index contributed by atoms with van der Waals surface area (Å²) in [5.74, 6) is -1.03. The molecule has 11 heavy (non-hydrogen) atoms. The Hall–Kier alpha value is -0.830. The highest BCUT2D eigenvalue weighted by atomic mass is 16.4. The van der Waals surface area contributed by atoms with Crippen LogP contribution in [0.4, 0.5) is 0 Å². The van der Waals surface area contributed by atoms with Crippen LogP contribution in [0.3, 0.4) is 0 Å². The van der Waals surface area contributed by atoms with Gasteiger partial charge in [0.25, 0.3) is 0 Å². The van der Waals surface area contributed by atoms with Crippen molar-refractivity contribution in [2.24, 2.45) is 5.92 Å². The fraction of sp³-hybridized carbons (Fsp3) is 0.625. The Labute approximate surface area is 65.3 Å². The smallest absolute Gasteiger partial charge is 0.304 e. The predicted octanol–water partition coefficient (Wildman–Crippen LogP) is 0.788. The van der Waals surface area contributed by atoms with E-state index in [4.69, 9.17) is 5.11 Å². The van der Waals surface area contributed by atoms with Gasteiger partial charge in [-0.25, -0.2) is 0 Å². The van der Waals surface area contributed by atoms with Gasteiger partial charge in [-0.2, -0.15) is 0 Å². The van der Waals surface area contributed by atoms with Crippen molar-refractivity contribution < 1.29 is 15.0 Å². The van der Waals surface area contributed by atoms with E-state index < -0.39 is 12.1 Å². The molecule has 0 fully saturated rings. The summed E-state index contributed by atoms with van der Waals surface area (Å²) in [6.07, 6.45) is 4.85. The highest BCUT2D eigenvalue weighted by Crippen LogP contribution is 2.20. The van der Waals surface area contributed by atoms with Crippen molar-refractivity contribution in [3.63, 3.8) is 0 Å². The van der Waals surface area contributed by atoms with Crippen molar-refractivity contribution in [2.45, 2.75) is 25.4 Å². The van der Waals surface area contributed by atoms with Crippen LogP contribution in [0.25, 0.3) is 0 Å². The third-order valence-corrected chi connectivity index (χ3v) is 1.92. The van der Waals surface area contributed by atoms with Gasteiger partial charge < -0.3 is 10.2 Å². The van der Waals surface area contributed by atoms with Crippen molar-refractivity contribution in [2.75, 3.05) is 0 Å². The van der Waals surface area contributed by atoms with Crippen molar-refractivity contribution in [3.05, 3.63) is 12.2 Å². The molecule has 0 spiro atoms. The van der Waals surface area contributed by atoms with Crippen molar-refractivity contribution in [1.29, 1.82) is 0 Å². The molecule has 1 aliphatic rings. The molecule has 2 atom stereocenters. The first kappa shape index (κ1) is 8.27. The molecule has 0 saturated carbocycles. The van der Waals surface area contributed by atoms with Gasteiger partial charge in [0, 0.05) is 5.92 Å². The van der Waals surface area contributed by atoms with Gasteiger partial charge >= 0.3 is 5.97 Å². The lowest BCUT2D eigenvalue weighted by Gasteiger charge is -2.20. The second kappa shape index (κ2) is 3.53. The molecule has 0 radical (unpaired) electrons. The van der Waals surface area contributed by atoms with E-state index in [1.165, 1.54) is 0 Å². The van der Waals surface area contributed by atoms with E-state index in [1.807, 2.05) is 6.08 Å². The van der Waals surface area contributed by atoms with Crippen LogP contribution >= 0.6 is 0 Å². The minimum absolute atomic E-state index is 0.0394.